The van der Waals surface area contributed by atoms with Crippen molar-refractivity contribution in [3.63, 3.8) is 0 Å². The van der Waals surface area contributed by atoms with Gasteiger partial charge in [-0.3, -0.25) is 19.5 Å². The number of hydrogen-bond acceptors (Lipinski definition) is 10. The van der Waals surface area contributed by atoms with Gasteiger partial charge >= 0.3 is 18.1 Å². The second-order valence-electron chi connectivity index (χ2n) is 19.4. The number of ether oxygens (including phenoxy) is 3. The van der Waals surface area contributed by atoms with Gasteiger partial charge in [-0.25, -0.2) is 14.8 Å². The Hall–Kier alpha value is -6.22. The van der Waals surface area contributed by atoms with Crippen LogP contribution < -0.4 is 19.3 Å². The molecule has 3 aliphatic carbocycles. The number of anilines is 2. The van der Waals surface area contributed by atoms with Gasteiger partial charge in [-0.05, 0) is 147 Å². The molecule has 12 nitrogen and oxygen atoms in total. The lowest BCUT2D eigenvalue weighted by Crippen LogP contribution is -2.63. The molecule has 0 unspecified atom stereocenters. The van der Waals surface area contributed by atoms with Crippen LogP contribution in [-0.2, 0) is 32.6 Å². The molecule has 5 aromatic rings. The highest BCUT2D eigenvalue weighted by Gasteiger charge is 2.60. The summed E-state index contributed by atoms with van der Waals surface area (Å²) in [5.41, 5.74) is 2.73. The summed E-state index contributed by atoms with van der Waals surface area (Å²) in [6, 6.07) is 22.8. The van der Waals surface area contributed by atoms with Gasteiger partial charge in [0.1, 0.15) is 22.9 Å². The first-order valence-corrected chi connectivity index (χ1v) is 24.5. The first-order valence-electron chi connectivity index (χ1n) is 24.2. The third kappa shape index (κ3) is 9.29. The molecule has 9 rings (SSSR count). The van der Waals surface area contributed by atoms with Gasteiger partial charge in [0, 0.05) is 66.1 Å². The Kier molecular flexibility index (Phi) is 13.9. The first kappa shape index (κ1) is 48.8. The second-order valence-corrected chi connectivity index (χ2v) is 19.8. The number of esters is 1. The number of carbonyl (C=O) groups is 3. The van der Waals surface area contributed by atoms with E-state index in [4.69, 9.17) is 30.8 Å². The van der Waals surface area contributed by atoms with Crippen LogP contribution in [0.4, 0.5) is 24.7 Å². The van der Waals surface area contributed by atoms with Crippen molar-refractivity contribution in [3.8, 4) is 22.9 Å². The standard InChI is InChI=1S/C54H58ClF3N6O6/c1-34(33-70-45-17-23-59-43-13-7-9-35(2)47(43)45)29-38-30-36-15-16-37(49(65)63-27-25-62(26-28-63)46-18-24-60-48(61-46)41-12-5-6-14-44(41)68-3)31-42(36)52(38)19-21-53(22-20-52,51(67)69-4)64(50(66)54(56,57)58)40-11-8-10-39(55)32-40/h5-6,8,10-12,14-18,23-24,31-32,34-35,38H,7,9,13,19-22,25-30,33H2,1-4H3/t34-,35-,38+,52?,53?/m1/s1. The molecular weight excluding hydrogens is 921 g/mol. The van der Waals surface area contributed by atoms with Crippen LogP contribution in [0, 0.1) is 11.8 Å². The van der Waals surface area contributed by atoms with E-state index in [0.29, 0.717) is 73.6 Å². The number of aromatic nitrogens is 3. The van der Waals surface area contributed by atoms with E-state index in [9.17, 15) is 27.6 Å². The van der Waals surface area contributed by atoms with Crippen LogP contribution in [0.3, 0.4) is 0 Å². The van der Waals surface area contributed by atoms with E-state index in [2.05, 4.69) is 28.7 Å². The van der Waals surface area contributed by atoms with Crippen molar-refractivity contribution in [2.45, 2.75) is 94.7 Å². The average Bonchev–Trinajstić information content (AvgIpc) is 3.66. The molecule has 3 aromatic carbocycles. The summed E-state index contributed by atoms with van der Waals surface area (Å²) < 4.78 is 61.3. The molecule has 0 N–H and O–H groups in total. The monoisotopic (exact) mass is 978 g/mol. The number of benzene rings is 3. The number of pyridine rings is 1. The SMILES string of the molecule is COC(=O)C1(N(C(=O)C(F)(F)F)c2cccc(Cl)c2)CCC2(CC1)c1cc(C(=O)N3CCN(c4ccnc(-c5ccccc5OC)n4)CC3)ccc1C[C@@H]2C[C@@H](C)COc1ccnc2c1[C@H](C)CCC2. The third-order valence-corrected chi connectivity index (χ3v) is 15.5. The molecule has 2 amide bonds. The fourth-order valence-electron chi connectivity index (χ4n) is 11.8. The second kappa shape index (κ2) is 19.9. The molecule has 1 saturated carbocycles. The number of carbonyl (C=O) groups excluding carboxylic acids is 3. The van der Waals surface area contributed by atoms with Gasteiger partial charge in [0.05, 0.1) is 26.4 Å². The van der Waals surface area contributed by atoms with Crippen molar-refractivity contribution in [2.24, 2.45) is 11.8 Å². The summed E-state index contributed by atoms with van der Waals surface area (Å²) in [6.07, 6.45) is 2.90. The highest BCUT2D eigenvalue weighted by Crippen LogP contribution is 2.58. The van der Waals surface area contributed by atoms with Crippen molar-refractivity contribution in [2.75, 3.05) is 56.8 Å². The number of fused-ring (bicyclic) bond motifs is 3. The van der Waals surface area contributed by atoms with E-state index in [1.807, 2.05) is 65.7 Å². The molecule has 16 heteroatoms. The number of aryl methyl sites for hydroxylation is 1. The van der Waals surface area contributed by atoms with Gasteiger partial charge in [0.15, 0.2) is 5.82 Å². The molecule has 3 heterocycles. The van der Waals surface area contributed by atoms with E-state index < -0.39 is 29.0 Å². The number of nitrogens with zero attached hydrogens (tertiary/aromatic N) is 6. The molecule has 1 saturated heterocycles. The molecule has 0 radical (unpaired) electrons. The lowest BCUT2D eigenvalue weighted by atomic mass is 9.59. The number of hydrogen-bond donors (Lipinski definition) is 0. The zero-order valence-electron chi connectivity index (χ0n) is 39.9. The Labute approximate surface area is 411 Å². The topological polar surface area (TPSA) is 127 Å². The maximum atomic E-state index is 14.6. The smallest absolute Gasteiger partial charge is 0.471 e. The molecule has 0 bridgehead atoms. The average molecular weight is 980 g/mol. The minimum Gasteiger partial charge on any atom is -0.496 e. The van der Waals surface area contributed by atoms with Crippen molar-refractivity contribution >= 4 is 40.9 Å². The number of para-hydroxylation sites is 1. The van der Waals surface area contributed by atoms with E-state index in [1.165, 1.54) is 29.8 Å². The fraction of sp³-hybridized carbons (Fsp3) is 0.444. The Morgan fingerprint density at radius 2 is 1.66 bits per heavy atom. The summed E-state index contributed by atoms with van der Waals surface area (Å²) in [4.78, 5) is 60.7. The molecule has 1 aliphatic heterocycles. The van der Waals surface area contributed by atoms with E-state index in [1.54, 1.807) is 13.3 Å². The maximum absolute atomic E-state index is 14.6. The lowest BCUT2D eigenvalue weighted by molar-refractivity contribution is -0.174. The van der Waals surface area contributed by atoms with Crippen molar-refractivity contribution < 1.29 is 41.8 Å². The molecule has 368 valence electrons. The number of methoxy groups -OCH3 is 2. The summed E-state index contributed by atoms with van der Waals surface area (Å²) >= 11 is 6.31. The van der Waals surface area contributed by atoms with E-state index >= 15 is 0 Å². The van der Waals surface area contributed by atoms with Crippen LogP contribution in [0.5, 0.6) is 11.5 Å². The van der Waals surface area contributed by atoms with E-state index in [-0.39, 0.29) is 54.1 Å². The highest BCUT2D eigenvalue weighted by atomic mass is 35.5. The largest absolute Gasteiger partial charge is 0.496 e. The number of alkyl halides is 3. The molecule has 3 atom stereocenters. The van der Waals surface area contributed by atoms with E-state index in [0.717, 1.165) is 60.3 Å². The highest BCUT2D eigenvalue weighted by molar-refractivity contribution is 6.31. The predicted octanol–water partition coefficient (Wildman–Crippen LogP) is 10.2. The first-order chi connectivity index (χ1) is 33.7. The van der Waals surface area contributed by atoms with Crippen molar-refractivity contribution in [1.29, 1.82) is 0 Å². The van der Waals surface area contributed by atoms with Crippen LogP contribution in [0.25, 0.3) is 11.4 Å². The van der Waals surface area contributed by atoms with Gasteiger partial charge < -0.3 is 24.0 Å². The Balaban J connectivity index is 0.998. The number of halogens is 4. The van der Waals surface area contributed by atoms with Crippen LogP contribution in [0.2, 0.25) is 5.02 Å². The Morgan fingerprint density at radius 3 is 2.39 bits per heavy atom. The van der Waals surface area contributed by atoms with Crippen LogP contribution >= 0.6 is 11.6 Å². The van der Waals surface area contributed by atoms with Crippen LogP contribution in [-0.4, -0.2) is 96.4 Å². The molecule has 70 heavy (non-hydrogen) atoms. The Bertz CT molecular complexity index is 2760. The van der Waals surface area contributed by atoms with Gasteiger partial charge in [0.2, 0.25) is 0 Å². The summed E-state index contributed by atoms with van der Waals surface area (Å²) in [7, 11) is 2.74. The molecule has 1 spiro atoms. The minimum absolute atomic E-state index is 0.0255. The zero-order chi connectivity index (χ0) is 49.4. The third-order valence-electron chi connectivity index (χ3n) is 15.3. The summed E-state index contributed by atoms with van der Waals surface area (Å²) in [5.74, 6) is -0.0768. The lowest BCUT2D eigenvalue weighted by Gasteiger charge is -2.51. The molecule has 2 aromatic heterocycles. The van der Waals surface area contributed by atoms with Gasteiger partial charge in [-0.1, -0.05) is 49.7 Å². The number of piperazine rings is 1. The Morgan fingerprint density at radius 1 is 0.900 bits per heavy atom. The van der Waals surface area contributed by atoms with Gasteiger partial charge in [-0.2, -0.15) is 13.2 Å². The molecule has 2 fully saturated rings. The minimum atomic E-state index is -5.31. The van der Waals surface area contributed by atoms with Crippen molar-refractivity contribution in [3.05, 3.63) is 124 Å². The van der Waals surface area contributed by atoms with Gasteiger partial charge in [-0.15, -0.1) is 0 Å². The fourth-order valence-corrected chi connectivity index (χ4v) is 12.0. The number of rotatable bonds is 12. The molecular formula is C54H58ClF3N6O6. The summed E-state index contributed by atoms with van der Waals surface area (Å²) in [6.45, 7) is 6.77. The summed E-state index contributed by atoms with van der Waals surface area (Å²) in [5, 5.41) is 0.110. The van der Waals surface area contributed by atoms with Gasteiger partial charge in [0.25, 0.3) is 5.91 Å². The number of amides is 2. The molecule has 4 aliphatic rings. The maximum Gasteiger partial charge on any atom is 0.471 e. The van der Waals surface area contributed by atoms with Crippen molar-refractivity contribution in [1.82, 2.24) is 19.9 Å². The normalized spacial score (nSPS) is 22.5. The zero-order valence-corrected chi connectivity index (χ0v) is 40.7. The predicted molar refractivity (Wildman–Crippen MR) is 261 cm³/mol. The van der Waals surface area contributed by atoms with Crippen LogP contribution in [0.1, 0.15) is 97.5 Å². The quantitative estimate of drug-likeness (QED) is 0.112. The van der Waals surface area contributed by atoms with Crippen LogP contribution in [0.15, 0.2) is 91.3 Å².